The maximum absolute atomic E-state index is 12.8. The summed E-state index contributed by atoms with van der Waals surface area (Å²) >= 11 is 1.19. The Morgan fingerprint density at radius 3 is 2.77 bits per heavy atom. The zero-order chi connectivity index (χ0) is 19.3. The van der Waals surface area contributed by atoms with E-state index < -0.39 is 9.84 Å². The molecule has 1 aromatic heterocycles. The summed E-state index contributed by atoms with van der Waals surface area (Å²) in [4.78, 5) is 33.3. The molecule has 0 unspecified atom stereocenters. The van der Waals surface area contributed by atoms with E-state index in [1.807, 2.05) is 20.8 Å². The number of nitrogens with one attached hydrogen (secondary N) is 1. The number of amides is 1. The number of rotatable bonds is 8. The van der Waals surface area contributed by atoms with Crippen molar-refractivity contribution in [2.45, 2.75) is 63.7 Å². The summed E-state index contributed by atoms with van der Waals surface area (Å²) in [6.45, 7) is 5.93. The summed E-state index contributed by atoms with van der Waals surface area (Å²) in [5.74, 6) is 0.183. The van der Waals surface area contributed by atoms with Gasteiger partial charge in [-0.2, -0.15) is 0 Å². The average molecular weight is 402 g/mol. The predicted molar refractivity (Wildman–Crippen MR) is 103 cm³/mol. The smallest absolute Gasteiger partial charge is 0.251 e. The second-order valence-corrected chi connectivity index (χ2v) is 9.89. The molecular weight excluding hydrogens is 374 g/mol. The lowest BCUT2D eigenvalue weighted by Crippen LogP contribution is -2.47. The van der Waals surface area contributed by atoms with Crippen molar-refractivity contribution in [3.63, 3.8) is 0 Å². The molecule has 1 N–H and O–H groups in total. The first-order valence-corrected chi connectivity index (χ1v) is 11.8. The molecule has 7 nitrogen and oxygen atoms in total. The van der Waals surface area contributed by atoms with Gasteiger partial charge in [0, 0.05) is 23.8 Å². The summed E-state index contributed by atoms with van der Waals surface area (Å²) in [5.41, 5.74) is 0.492. The van der Waals surface area contributed by atoms with Crippen LogP contribution in [0.1, 0.15) is 45.7 Å². The lowest BCUT2D eigenvalue weighted by Gasteiger charge is -2.33. The van der Waals surface area contributed by atoms with E-state index in [1.54, 1.807) is 4.90 Å². The van der Waals surface area contributed by atoms with E-state index in [4.69, 9.17) is 0 Å². The zero-order valence-corrected chi connectivity index (χ0v) is 17.2. The van der Waals surface area contributed by atoms with Crippen LogP contribution in [0.15, 0.2) is 16.0 Å². The number of carbonyl (C=O) groups excluding carboxylic acids is 1. The van der Waals surface area contributed by atoms with Gasteiger partial charge >= 0.3 is 0 Å². The molecule has 0 radical (unpaired) electrons. The molecule has 2 rings (SSSR count). The molecule has 2 atom stereocenters. The fraction of sp³-hybridized carbons (Fsp3) is 0.706. The van der Waals surface area contributed by atoms with Gasteiger partial charge in [-0.3, -0.25) is 9.59 Å². The molecule has 26 heavy (non-hydrogen) atoms. The summed E-state index contributed by atoms with van der Waals surface area (Å²) in [6, 6.07) is 1.19. The van der Waals surface area contributed by atoms with Crippen LogP contribution in [0.5, 0.6) is 0 Å². The van der Waals surface area contributed by atoms with Crippen LogP contribution in [-0.4, -0.2) is 58.5 Å². The van der Waals surface area contributed by atoms with Crippen LogP contribution in [0, 0.1) is 0 Å². The second kappa shape index (κ2) is 9.03. The fourth-order valence-corrected chi connectivity index (χ4v) is 5.62. The van der Waals surface area contributed by atoms with Gasteiger partial charge < -0.3 is 9.88 Å². The molecule has 0 bridgehead atoms. The van der Waals surface area contributed by atoms with Crippen molar-refractivity contribution < 1.29 is 13.2 Å². The van der Waals surface area contributed by atoms with Gasteiger partial charge in [-0.1, -0.05) is 32.0 Å². The Bertz CT molecular complexity index is 791. The highest BCUT2D eigenvalue weighted by Crippen LogP contribution is 2.23. The maximum atomic E-state index is 12.8. The lowest BCUT2D eigenvalue weighted by molar-refractivity contribution is -0.132. The van der Waals surface area contributed by atoms with E-state index in [9.17, 15) is 18.0 Å². The van der Waals surface area contributed by atoms with Crippen molar-refractivity contribution in [1.82, 2.24) is 14.9 Å². The first kappa shape index (κ1) is 21.0. The van der Waals surface area contributed by atoms with Crippen LogP contribution >= 0.6 is 11.8 Å². The first-order valence-electron chi connectivity index (χ1n) is 9.00. The number of aryl methyl sites for hydroxylation is 1. The quantitative estimate of drug-likeness (QED) is 0.525. The number of hydrogen-bond donors (Lipinski definition) is 1. The third-order valence-corrected chi connectivity index (χ3v) is 7.18. The Morgan fingerprint density at radius 2 is 2.19 bits per heavy atom. The van der Waals surface area contributed by atoms with Gasteiger partial charge in [-0.25, -0.2) is 13.4 Å². The second-order valence-electron chi connectivity index (χ2n) is 6.70. The lowest BCUT2D eigenvalue weighted by atomic mass is 10.1. The minimum Gasteiger partial charge on any atom is -0.335 e. The van der Waals surface area contributed by atoms with E-state index in [0.717, 1.165) is 12.8 Å². The van der Waals surface area contributed by atoms with E-state index >= 15 is 0 Å². The summed E-state index contributed by atoms with van der Waals surface area (Å²) < 4.78 is 23.6. The number of aromatic amines is 1. The predicted octanol–water partition coefficient (Wildman–Crippen LogP) is 1.63. The van der Waals surface area contributed by atoms with Gasteiger partial charge in [0.2, 0.25) is 5.91 Å². The van der Waals surface area contributed by atoms with Crippen LogP contribution in [0.4, 0.5) is 0 Å². The topological polar surface area (TPSA) is 100 Å². The minimum absolute atomic E-state index is 0.0279. The van der Waals surface area contributed by atoms with Gasteiger partial charge in [-0.05, 0) is 26.2 Å². The number of sulfone groups is 1. The van der Waals surface area contributed by atoms with Crippen LogP contribution in [0.25, 0.3) is 0 Å². The van der Waals surface area contributed by atoms with E-state index in [-0.39, 0.29) is 40.8 Å². The molecule has 9 heteroatoms. The Balaban J connectivity index is 2.09. The number of nitrogens with zero attached hydrogens (tertiary/aromatic N) is 2. The van der Waals surface area contributed by atoms with Gasteiger partial charge in [0.1, 0.15) is 0 Å². The monoisotopic (exact) mass is 401 g/mol. The minimum atomic E-state index is -3.06. The van der Waals surface area contributed by atoms with E-state index in [1.165, 1.54) is 17.8 Å². The molecule has 1 aliphatic heterocycles. The summed E-state index contributed by atoms with van der Waals surface area (Å²) in [5, 5.41) is 0.428. The molecule has 146 valence electrons. The first-order chi connectivity index (χ1) is 12.3. The number of hydrogen-bond acceptors (Lipinski definition) is 6. The molecule has 1 fully saturated rings. The third-order valence-electron chi connectivity index (χ3n) is 4.57. The normalized spacial score (nSPS) is 20.0. The van der Waals surface area contributed by atoms with Crippen LogP contribution < -0.4 is 5.56 Å². The van der Waals surface area contributed by atoms with Crippen molar-refractivity contribution in [2.24, 2.45) is 0 Å². The highest BCUT2D eigenvalue weighted by Gasteiger charge is 2.36. The highest BCUT2D eigenvalue weighted by molar-refractivity contribution is 7.99. The molecule has 0 spiro atoms. The molecule has 1 aliphatic rings. The van der Waals surface area contributed by atoms with E-state index in [2.05, 4.69) is 9.97 Å². The molecular formula is C17H27N3O4S2. The Labute approximate surface area is 158 Å². The maximum Gasteiger partial charge on any atom is 0.251 e. The summed E-state index contributed by atoms with van der Waals surface area (Å²) in [7, 11) is -3.06. The molecule has 0 saturated carbocycles. The third kappa shape index (κ3) is 5.57. The molecule has 1 aromatic rings. The number of H-pyrrole nitrogens is 1. The van der Waals surface area contributed by atoms with Gasteiger partial charge in [0.05, 0.1) is 17.3 Å². The van der Waals surface area contributed by atoms with Gasteiger partial charge in [0.25, 0.3) is 5.56 Å². The van der Waals surface area contributed by atoms with Gasteiger partial charge in [0.15, 0.2) is 15.0 Å². The SMILES string of the molecule is CCCc1cc(=O)[nH]c(SCC(=O)N([C@H]2CCS(=O)(=O)C2)[C@@H](C)CC)n1. The fourth-order valence-electron chi connectivity index (χ4n) is 3.14. The molecule has 1 amide bonds. The number of thioether (sulfide) groups is 1. The molecule has 0 aromatic carbocycles. The highest BCUT2D eigenvalue weighted by atomic mass is 32.2. The Kier molecular flexibility index (Phi) is 7.28. The Hall–Kier alpha value is -1.35. The average Bonchev–Trinajstić information content (AvgIpc) is 2.92. The van der Waals surface area contributed by atoms with Crippen LogP contribution in [-0.2, 0) is 21.1 Å². The molecule has 2 heterocycles. The number of aromatic nitrogens is 2. The van der Waals surface area contributed by atoms with Crippen molar-refractivity contribution in [3.8, 4) is 0 Å². The molecule has 0 aliphatic carbocycles. The van der Waals surface area contributed by atoms with Gasteiger partial charge in [-0.15, -0.1) is 0 Å². The van der Waals surface area contributed by atoms with Crippen molar-refractivity contribution >= 4 is 27.5 Å². The van der Waals surface area contributed by atoms with Crippen LogP contribution in [0.3, 0.4) is 0 Å². The Morgan fingerprint density at radius 1 is 1.46 bits per heavy atom. The largest absolute Gasteiger partial charge is 0.335 e. The van der Waals surface area contributed by atoms with Crippen LogP contribution in [0.2, 0.25) is 0 Å². The van der Waals surface area contributed by atoms with E-state index in [0.29, 0.717) is 23.7 Å². The van der Waals surface area contributed by atoms with Crippen molar-refractivity contribution in [1.29, 1.82) is 0 Å². The standard InChI is InChI=1S/C17H27N3O4S2/c1-4-6-13-9-15(21)19-17(18-13)25-10-16(22)20(12(3)5-2)14-7-8-26(23,24)11-14/h9,12,14H,4-8,10-11H2,1-3H3,(H,18,19,21)/t12-,14-/m0/s1. The summed E-state index contributed by atoms with van der Waals surface area (Å²) in [6.07, 6.45) is 2.85. The molecule has 1 saturated heterocycles. The number of carbonyl (C=O) groups is 1. The van der Waals surface area contributed by atoms with Crippen molar-refractivity contribution in [2.75, 3.05) is 17.3 Å². The van der Waals surface area contributed by atoms with Crippen molar-refractivity contribution in [3.05, 3.63) is 22.1 Å². The zero-order valence-electron chi connectivity index (χ0n) is 15.5.